The standard InChI is InChI=1S/C20H24N4O2S2/c25-18(24-10-8-16(9-11-24)15-5-2-1-3-6-15)14-27-20-23-22-19(28-20)21-13-17-7-4-12-26-17/h1-3,5-6,8,17H,4,7,9-14H2,(H,21,22). The maximum Gasteiger partial charge on any atom is 0.233 e. The number of hydrogen-bond acceptors (Lipinski definition) is 7. The van der Waals surface area contributed by atoms with Gasteiger partial charge < -0.3 is 15.0 Å². The largest absolute Gasteiger partial charge is 0.376 e. The lowest BCUT2D eigenvalue weighted by atomic mass is 10.00. The minimum absolute atomic E-state index is 0.150. The molecular formula is C20H24N4O2S2. The van der Waals surface area contributed by atoms with E-state index in [2.05, 4.69) is 45.9 Å². The van der Waals surface area contributed by atoms with Gasteiger partial charge in [0.25, 0.3) is 0 Å². The highest BCUT2D eigenvalue weighted by molar-refractivity contribution is 8.01. The van der Waals surface area contributed by atoms with Crippen LogP contribution in [0, 0.1) is 0 Å². The van der Waals surface area contributed by atoms with Crippen LogP contribution in [0.5, 0.6) is 0 Å². The number of hydrogen-bond donors (Lipinski definition) is 1. The number of rotatable bonds is 7. The predicted molar refractivity (Wildman–Crippen MR) is 114 cm³/mol. The molecule has 1 aromatic heterocycles. The summed E-state index contributed by atoms with van der Waals surface area (Å²) in [6, 6.07) is 10.4. The van der Waals surface area contributed by atoms with E-state index in [1.807, 2.05) is 11.0 Å². The van der Waals surface area contributed by atoms with E-state index in [-0.39, 0.29) is 12.0 Å². The lowest BCUT2D eigenvalue weighted by molar-refractivity contribution is -0.127. The van der Waals surface area contributed by atoms with Gasteiger partial charge in [0, 0.05) is 26.2 Å². The third-order valence-electron chi connectivity index (χ3n) is 4.94. The summed E-state index contributed by atoms with van der Waals surface area (Å²) in [6.07, 6.45) is 5.56. The average molecular weight is 417 g/mol. The monoisotopic (exact) mass is 416 g/mol. The van der Waals surface area contributed by atoms with Gasteiger partial charge in [-0.2, -0.15) is 0 Å². The highest BCUT2D eigenvalue weighted by Gasteiger charge is 2.19. The maximum atomic E-state index is 12.5. The molecule has 0 bridgehead atoms. The molecule has 1 fully saturated rings. The molecule has 0 aliphatic carbocycles. The Morgan fingerprint density at radius 2 is 2.21 bits per heavy atom. The van der Waals surface area contributed by atoms with Crippen molar-refractivity contribution in [2.45, 2.75) is 29.7 Å². The summed E-state index contributed by atoms with van der Waals surface area (Å²) in [6.45, 7) is 3.06. The van der Waals surface area contributed by atoms with Crippen molar-refractivity contribution in [3.05, 3.63) is 42.0 Å². The number of thioether (sulfide) groups is 1. The molecule has 0 spiro atoms. The van der Waals surface area contributed by atoms with Crippen molar-refractivity contribution < 1.29 is 9.53 Å². The van der Waals surface area contributed by atoms with E-state index in [0.717, 1.165) is 48.4 Å². The molecule has 3 heterocycles. The normalized spacial score (nSPS) is 19.5. The van der Waals surface area contributed by atoms with Crippen molar-refractivity contribution in [1.29, 1.82) is 0 Å². The van der Waals surface area contributed by atoms with Gasteiger partial charge in [-0.25, -0.2) is 0 Å². The quantitative estimate of drug-likeness (QED) is 0.697. The van der Waals surface area contributed by atoms with E-state index in [0.29, 0.717) is 12.3 Å². The second-order valence-electron chi connectivity index (χ2n) is 6.86. The summed E-state index contributed by atoms with van der Waals surface area (Å²) >= 11 is 2.95. The third kappa shape index (κ3) is 5.12. The first-order chi connectivity index (χ1) is 13.8. The summed E-state index contributed by atoms with van der Waals surface area (Å²) < 4.78 is 6.42. The van der Waals surface area contributed by atoms with Gasteiger partial charge in [0.1, 0.15) is 0 Å². The van der Waals surface area contributed by atoms with Gasteiger partial charge in [-0.15, -0.1) is 10.2 Å². The number of aromatic nitrogens is 2. The van der Waals surface area contributed by atoms with Crippen LogP contribution in [0.3, 0.4) is 0 Å². The van der Waals surface area contributed by atoms with E-state index in [4.69, 9.17) is 4.74 Å². The summed E-state index contributed by atoms with van der Waals surface area (Å²) in [7, 11) is 0. The number of ether oxygens (including phenoxy) is 1. The van der Waals surface area contributed by atoms with Gasteiger partial charge >= 0.3 is 0 Å². The Labute approximate surface area is 173 Å². The van der Waals surface area contributed by atoms with Crippen molar-refractivity contribution in [2.75, 3.05) is 37.3 Å². The molecule has 1 saturated heterocycles. The van der Waals surface area contributed by atoms with Gasteiger partial charge in [0.15, 0.2) is 4.34 Å². The van der Waals surface area contributed by atoms with Gasteiger partial charge in [0.2, 0.25) is 11.0 Å². The molecule has 28 heavy (non-hydrogen) atoms. The number of carbonyl (C=O) groups excluding carboxylic acids is 1. The molecule has 0 radical (unpaired) electrons. The Morgan fingerprint density at radius 1 is 1.32 bits per heavy atom. The average Bonchev–Trinajstić information content (AvgIpc) is 3.43. The molecular weight excluding hydrogens is 392 g/mol. The third-order valence-corrected chi connectivity index (χ3v) is 6.94. The molecule has 4 rings (SSSR count). The highest BCUT2D eigenvalue weighted by atomic mass is 32.2. The summed E-state index contributed by atoms with van der Waals surface area (Å²) in [5, 5.41) is 12.4. The number of benzene rings is 1. The lowest BCUT2D eigenvalue weighted by Gasteiger charge is -2.26. The van der Waals surface area contributed by atoms with Crippen LogP contribution in [0.15, 0.2) is 40.7 Å². The topological polar surface area (TPSA) is 67.3 Å². The zero-order valence-corrected chi connectivity index (χ0v) is 17.3. The molecule has 1 aromatic carbocycles. The zero-order valence-electron chi connectivity index (χ0n) is 15.7. The summed E-state index contributed by atoms with van der Waals surface area (Å²) in [4.78, 5) is 14.4. The number of nitrogens with one attached hydrogen (secondary N) is 1. The smallest absolute Gasteiger partial charge is 0.233 e. The molecule has 0 saturated carbocycles. The van der Waals surface area contributed by atoms with Crippen molar-refractivity contribution in [3.63, 3.8) is 0 Å². The Kier molecular flexibility index (Phi) is 6.61. The molecule has 6 nitrogen and oxygen atoms in total. The van der Waals surface area contributed by atoms with E-state index in [1.165, 1.54) is 34.2 Å². The first kappa shape index (κ1) is 19.4. The molecule has 1 unspecified atom stereocenters. The molecule has 2 aromatic rings. The fraction of sp³-hybridized carbons (Fsp3) is 0.450. The Bertz CT molecular complexity index is 819. The lowest BCUT2D eigenvalue weighted by Crippen LogP contribution is -2.35. The Balaban J connectivity index is 1.22. The fourth-order valence-electron chi connectivity index (χ4n) is 3.37. The van der Waals surface area contributed by atoms with Crippen molar-refractivity contribution in [2.24, 2.45) is 0 Å². The van der Waals surface area contributed by atoms with Crippen molar-refractivity contribution in [3.8, 4) is 0 Å². The zero-order chi connectivity index (χ0) is 19.2. The Hall–Kier alpha value is -1.90. The van der Waals surface area contributed by atoms with Crippen LogP contribution in [0.4, 0.5) is 5.13 Å². The van der Waals surface area contributed by atoms with Crippen LogP contribution >= 0.6 is 23.1 Å². The van der Waals surface area contributed by atoms with Crippen LogP contribution in [-0.4, -0.2) is 59.1 Å². The van der Waals surface area contributed by atoms with Gasteiger partial charge in [-0.1, -0.05) is 59.5 Å². The number of nitrogens with zero attached hydrogens (tertiary/aromatic N) is 3. The van der Waals surface area contributed by atoms with Crippen molar-refractivity contribution in [1.82, 2.24) is 15.1 Å². The van der Waals surface area contributed by atoms with Gasteiger partial charge in [-0.3, -0.25) is 4.79 Å². The first-order valence-corrected chi connectivity index (χ1v) is 11.4. The first-order valence-electron chi connectivity index (χ1n) is 9.62. The van der Waals surface area contributed by atoms with E-state index in [9.17, 15) is 4.79 Å². The molecule has 1 amide bonds. The molecule has 2 aliphatic heterocycles. The van der Waals surface area contributed by atoms with Crippen LogP contribution in [0.1, 0.15) is 24.8 Å². The molecule has 1 atom stereocenters. The van der Waals surface area contributed by atoms with Gasteiger partial charge in [0.05, 0.1) is 11.9 Å². The fourth-order valence-corrected chi connectivity index (χ4v) is 5.03. The van der Waals surface area contributed by atoms with Gasteiger partial charge in [-0.05, 0) is 30.4 Å². The number of anilines is 1. The molecule has 2 aliphatic rings. The summed E-state index contributed by atoms with van der Waals surface area (Å²) in [5.41, 5.74) is 2.57. The summed E-state index contributed by atoms with van der Waals surface area (Å²) in [5.74, 6) is 0.548. The maximum absolute atomic E-state index is 12.5. The molecule has 8 heteroatoms. The predicted octanol–water partition coefficient (Wildman–Crippen LogP) is 3.54. The van der Waals surface area contributed by atoms with Crippen LogP contribution < -0.4 is 5.32 Å². The van der Waals surface area contributed by atoms with E-state index < -0.39 is 0 Å². The van der Waals surface area contributed by atoms with Crippen LogP contribution in [-0.2, 0) is 9.53 Å². The SMILES string of the molecule is O=C(CSc1nnc(NCC2CCCO2)s1)N1CC=C(c2ccccc2)CC1. The van der Waals surface area contributed by atoms with Crippen LogP contribution in [0.2, 0.25) is 0 Å². The second kappa shape index (κ2) is 9.54. The number of amides is 1. The molecule has 1 N–H and O–H groups in total. The second-order valence-corrected chi connectivity index (χ2v) is 9.06. The van der Waals surface area contributed by atoms with Crippen molar-refractivity contribution >= 4 is 39.7 Å². The van der Waals surface area contributed by atoms with E-state index in [1.54, 1.807) is 0 Å². The highest BCUT2D eigenvalue weighted by Crippen LogP contribution is 2.27. The van der Waals surface area contributed by atoms with Crippen LogP contribution in [0.25, 0.3) is 5.57 Å². The number of carbonyl (C=O) groups is 1. The van der Waals surface area contributed by atoms with E-state index >= 15 is 0 Å². The molecule has 148 valence electrons. The Morgan fingerprint density at radius 3 is 2.96 bits per heavy atom. The minimum atomic E-state index is 0.150. The minimum Gasteiger partial charge on any atom is -0.376 e.